The van der Waals surface area contributed by atoms with Gasteiger partial charge in [0.25, 0.3) is 15.9 Å². The van der Waals surface area contributed by atoms with Crippen molar-refractivity contribution in [2.75, 3.05) is 43.5 Å². The van der Waals surface area contributed by atoms with Gasteiger partial charge in [-0.1, -0.05) is 6.07 Å². The molecular formula is C25H27N3O7S2. The van der Waals surface area contributed by atoms with Gasteiger partial charge in [-0.3, -0.25) is 9.52 Å². The van der Waals surface area contributed by atoms with Gasteiger partial charge in [0.2, 0.25) is 10.0 Å². The van der Waals surface area contributed by atoms with Crippen LogP contribution in [0.1, 0.15) is 15.9 Å². The molecule has 0 unspecified atom stereocenters. The molecule has 3 aromatic rings. The van der Waals surface area contributed by atoms with Crippen molar-refractivity contribution >= 4 is 37.3 Å². The summed E-state index contributed by atoms with van der Waals surface area (Å²) in [7, 11) is -6.10. The van der Waals surface area contributed by atoms with Crippen molar-refractivity contribution in [3.8, 4) is 5.75 Å². The summed E-state index contributed by atoms with van der Waals surface area (Å²) in [6.45, 7) is 2.85. The average Bonchev–Trinajstić information content (AvgIpc) is 2.90. The molecule has 12 heteroatoms. The van der Waals surface area contributed by atoms with Gasteiger partial charge < -0.3 is 14.8 Å². The molecule has 1 heterocycles. The molecule has 1 fully saturated rings. The first-order chi connectivity index (χ1) is 17.6. The molecule has 0 radical (unpaired) electrons. The van der Waals surface area contributed by atoms with E-state index in [9.17, 15) is 21.6 Å². The molecule has 2 N–H and O–H groups in total. The molecule has 1 aliphatic heterocycles. The molecule has 196 valence electrons. The van der Waals surface area contributed by atoms with E-state index in [0.717, 1.165) is 0 Å². The second-order valence-corrected chi connectivity index (χ2v) is 11.9. The van der Waals surface area contributed by atoms with Crippen molar-refractivity contribution in [2.24, 2.45) is 0 Å². The highest BCUT2D eigenvalue weighted by Gasteiger charge is 2.27. The SMILES string of the molecule is COc1ccc(NS(=O)(=O)c2ccc(NC(=O)c3cc(S(=O)(=O)N4CCOCC4)ccc3C)cc2)cc1. The summed E-state index contributed by atoms with van der Waals surface area (Å²) in [5.41, 5.74) is 1.53. The highest BCUT2D eigenvalue weighted by molar-refractivity contribution is 7.92. The lowest BCUT2D eigenvalue weighted by atomic mass is 10.1. The first-order valence-electron chi connectivity index (χ1n) is 11.4. The van der Waals surface area contributed by atoms with E-state index >= 15 is 0 Å². The van der Waals surface area contributed by atoms with Gasteiger partial charge >= 0.3 is 0 Å². The van der Waals surface area contributed by atoms with Crippen LogP contribution < -0.4 is 14.8 Å². The van der Waals surface area contributed by atoms with Crippen LogP contribution in [-0.2, 0) is 24.8 Å². The lowest BCUT2D eigenvalue weighted by Crippen LogP contribution is -2.40. The van der Waals surface area contributed by atoms with Gasteiger partial charge in [0.05, 0.1) is 30.1 Å². The number of hydrogen-bond donors (Lipinski definition) is 2. The number of carbonyl (C=O) groups is 1. The molecule has 1 amide bonds. The average molecular weight is 546 g/mol. The Morgan fingerprint density at radius 2 is 1.46 bits per heavy atom. The first-order valence-corrected chi connectivity index (χ1v) is 14.3. The van der Waals surface area contributed by atoms with Crippen molar-refractivity contribution in [3.05, 3.63) is 77.9 Å². The normalized spacial score (nSPS) is 14.6. The summed E-state index contributed by atoms with van der Waals surface area (Å²) in [5, 5.41) is 2.70. The number of methoxy groups -OCH3 is 1. The lowest BCUT2D eigenvalue weighted by Gasteiger charge is -2.26. The van der Waals surface area contributed by atoms with Gasteiger partial charge in [0.15, 0.2) is 0 Å². The molecule has 1 aliphatic rings. The minimum absolute atomic E-state index is 0.0103. The molecular weight excluding hydrogens is 518 g/mol. The molecule has 1 saturated heterocycles. The van der Waals surface area contributed by atoms with Crippen LogP contribution in [0.15, 0.2) is 76.5 Å². The Morgan fingerprint density at radius 1 is 0.865 bits per heavy atom. The van der Waals surface area contributed by atoms with Gasteiger partial charge in [-0.15, -0.1) is 0 Å². The number of ether oxygens (including phenoxy) is 2. The van der Waals surface area contributed by atoms with E-state index in [-0.39, 0.29) is 28.4 Å². The van der Waals surface area contributed by atoms with Gasteiger partial charge in [-0.2, -0.15) is 4.31 Å². The van der Waals surface area contributed by atoms with Crippen LogP contribution in [0.25, 0.3) is 0 Å². The maximum Gasteiger partial charge on any atom is 0.261 e. The summed E-state index contributed by atoms with van der Waals surface area (Å²) in [6, 6.07) is 16.5. The number of anilines is 2. The Balaban J connectivity index is 1.48. The maximum absolute atomic E-state index is 13.0. The van der Waals surface area contributed by atoms with E-state index in [1.807, 2.05) is 0 Å². The molecule has 10 nitrogen and oxygen atoms in total. The van der Waals surface area contributed by atoms with Crippen molar-refractivity contribution in [1.82, 2.24) is 4.31 Å². The van der Waals surface area contributed by atoms with Crippen LogP contribution in [0, 0.1) is 6.92 Å². The number of hydrogen-bond acceptors (Lipinski definition) is 7. The van der Waals surface area contributed by atoms with E-state index in [2.05, 4.69) is 10.0 Å². The third kappa shape index (κ3) is 6.10. The molecule has 0 saturated carbocycles. The summed E-state index contributed by atoms with van der Waals surface area (Å²) in [5.74, 6) is 0.0889. The number of carbonyl (C=O) groups excluding carboxylic acids is 1. The third-order valence-corrected chi connectivity index (χ3v) is 9.12. The van der Waals surface area contributed by atoms with Gasteiger partial charge in [-0.05, 0) is 73.2 Å². The number of benzene rings is 3. The number of nitrogens with zero attached hydrogens (tertiary/aromatic N) is 1. The second kappa shape index (κ2) is 10.9. The second-order valence-electron chi connectivity index (χ2n) is 8.31. The van der Waals surface area contributed by atoms with Crippen LogP contribution in [0.3, 0.4) is 0 Å². The zero-order chi connectivity index (χ0) is 26.6. The van der Waals surface area contributed by atoms with Crippen LogP contribution >= 0.6 is 0 Å². The molecule has 0 bridgehead atoms. The predicted molar refractivity (Wildman–Crippen MR) is 139 cm³/mol. The minimum Gasteiger partial charge on any atom is -0.497 e. The van der Waals surface area contributed by atoms with Crippen molar-refractivity contribution in [3.63, 3.8) is 0 Å². The smallest absolute Gasteiger partial charge is 0.261 e. The predicted octanol–water partition coefficient (Wildman–Crippen LogP) is 3.08. The monoisotopic (exact) mass is 545 g/mol. The van der Waals surface area contributed by atoms with Crippen molar-refractivity contribution in [1.29, 1.82) is 0 Å². The molecule has 37 heavy (non-hydrogen) atoms. The summed E-state index contributed by atoms with van der Waals surface area (Å²) in [4.78, 5) is 13.0. The van der Waals surface area contributed by atoms with Crippen LogP contribution in [0.5, 0.6) is 5.75 Å². The van der Waals surface area contributed by atoms with Crippen LogP contribution in [0.4, 0.5) is 11.4 Å². The number of sulfonamides is 2. The fraction of sp³-hybridized carbons (Fsp3) is 0.240. The lowest BCUT2D eigenvalue weighted by molar-refractivity contribution is 0.0730. The van der Waals surface area contributed by atoms with Crippen molar-refractivity contribution in [2.45, 2.75) is 16.7 Å². The molecule has 3 aromatic carbocycles. The van der Waals surface area contributed by atoms with E-state index in [1.54, 1.807) is 37.3 Å². The fourth-order valence-electron chi connectivity index (χ4n) is 3.73. The molecule has 0 spiro atoms. The Morgan fingerprint density at radius 3 is 2.08 bits per heavy atom. The third-order valence-electron chi connectivity index (χ3n) is 5.83. The zero-order valence-corrected chi connectivity index (χ0v) is 21.9. The number of aryl methyl sites for hydroxylation is 1. The van der Waals surface area contributed by atoms with E-state index in [1.165, 1.54) is 47.8 Å². The summed E-state index contributed by atoms with van der Waals surface area (Å²) < 4.78 is 65.6. The van der Waals surface area contributed by atoms with Crippen molar-refractivity contribution < 1.29 is 31.1 Å². The number of amides is 1. The van der Waals surface area contributed by atoms with Gasteiger partial charge in [-0.25, -0.2) is 16.8 Å². The minimum atomic E-state index is -3.85. The van der Waals surface area contributed by atoms with Gasteiger partial charge in [0, 0.05) is 30.0 Å². The van der Waals surface area contributed by atoms with E-state index in [0.29, 0.717) is 35.9 Å². The molecule has 0 aromatic heterocycles. The summed E-state index contributed by atoms with van der Waals surface area (Å²) in [6.07, 6.45) is 0. The molecule has 0 aliphatic carbocycles. The Bertz CT molecular complexity index is 1480. The largest absolute Gasteiger partial charge is 0.497 e. The maximum atomic E-state index is 13.0. The topological polar surface area (TPSA) is 131 Å². The Labute approximate surface area is 216 Å². The molecule has 0 atom stereocenters. The number of nitrogens with one attached hydrogen (secondary N) is 2. The standard InChI is InChI=1S/C25H27N3O7S2/c1-18-3-10-23(37(32,33)28-13-15-35-16-14-28)17-24(18)25(29)26-19-6-11-22(12-7-19)36(30,31)27-20-4-8-21(34-2)9-5-20/h3-12,17,27H,13-16H2,1-2H3,(H,26,29). The fourth-order valence-corrected chi connectivity index (χ4v) is 6.22. The quantitative estimate of drug-likeness (QED) is 0.445. The Hall–Kier alpha value is -3.45. The van der Waals surface area contributed by atoms with Gasteiger partial charge in [0.1, 0.15) is 5.75 Å². The Kier molecular flexibility index (Phi) is 7.83. The first kappa shape index (κ1) is 26.6. The number of rotatable bonds is 8. The van der Waals surface area contributed by atoms with E-state index in [4.69, 9.17) is 9.47 Å². The highest BCUT2D eigenvalue weighted by atomic mass is 32.2. The zero-order valence-electron chi connectivity index (χ0n) is 20.3. The summed E-state index contributed by atoms with van der Waals surface area (Å²) >= 11 is 0. The van der Waals surface area contributed by atoms with E-state index < -0.39 is 26.0 Å². The van der Waals surface area contributed by atoms with Crippen LogP contribution in [0.2, 0.25) is 0 Å². The highest BCUT2D eigenvalue weighted by Crippen LogP contribution is 2.23. The van der Waals surface area contributed by atoms with Crippen LogP contribution in [-0.4, -0.2) is 60.5 Å². The number of morpholine rings is 1. The molecule has 4 rings (SSSR count).